The molecule has 0 aliphatic heterocycles. The van der Waals surface area contributed by atoms with Crippen LogP contribution in [0.25, 0.3) is 10.9 Å². The van der Waals surface area contributed by atoms with Gasteiger partial charge < -0.3 is 9.88 Å². The molecule has 1 fully saturated rings. The van der Waals surface area contributed by atoms with Crippen LogP contribution in [0.15, 0.2) is 29.1 Å². The summed E-state index contributed by atoms with van der Waals surface area (Å²) in [6.07, 6.45) is 7.07. The number of amides is 1. The highest BCUT2D eigenvalue weighted by atomic mass is 16.2. The molecule has 0 spiro atoms. The van der Waals surface area contributed by atoms with Crippen LogP contribution in [-0.2, 0) is 11.3 Å². The number of rotatable bonds is 5. The summed E-state index contributed by atoms with van der Waals surface area (Å²) in [5, 5.41) is 0.588. The van der Waals surface area contributed by atoms with Gasteiger partial charge in [-0.05, 0) is 31.4 Å². The maximum absolute atomic E-state index is 12.6. The molecule has 2 aromatic rings. The zero-order chi connectivity index (χ0) is 16.9. The van der Waals surface area contributed by atoms with Crippen LogP contribution in [0.4, 0.5) is 0 Å². The number of aromatic amines is 1. The van der Waals surface area contributed by atoms with E-state index < -0.39 is 0 Å². The minimum atomic E-state index is -0.137. The Morgan fingerprint density at radius 2 is 2.00 bits per heavy atom. The van der Waals surface area contributed by atoms with E-state index in [9.17, 15) is 9.59 Å². The predicted molar refractivity (Wildman–Crippen MR) is 94.7 cm³/mol. The molecule has 1 N–H and O–H groups in total. The third-order valence-corrected chi connectivity index (χ3v) is 4.78. The number of nitrogens with one attached hydrogen (secondary N) is 1. The highest BCUT2D eigenvalue weighted by Gasteiger charge is 2.25. The number of hydrogen-bond acceptors (Lipinski definition) is 3. The van der Waals surface area contributed by atoms with Crippen LogP contribution in [0.5, 0.6) is 0 Å². The average Bonchev–Trinajstić information content (AvgIpc) is 2.61. The molecule has 0 atom stereocenters. The van der Waals surface area contributed by atoms with Crippen molar-refractivity contribution in [1.29, 1.82) is 0 Å². The average molecular weight is 327 g/mol. The molecule has 1 amide bonds. The predicted octanol–water partition coefficient (Wildman–Crippen LogP) is 3.38. The molecule has 3 rings (SSSR count). The Hall–Kier alpha value is -2.17. The maximum Gasteiger partial charge on any atom is 0.258 e. The summed E-state index contributed by atoms with van der Waals surface area (Å²) in [5.41, 5.74) is 0.546. The van der Waals surface area contributed by atoms with Gasteiger partial charge in [-0.1, -0.05) is 38.3 Å². The molecular weight excluding hydrogens is 302 g/mol. The fraction of sp³-hybridized carbons (Fsp3) is 0.526. The number of carbonyl (C=O) groups excluding carboxylic acids is 1. The van der Waals surface area contributed by atoms with Gasteiger partial charge in [0.05, 0.1) is 17.4 Å². The second-order valence-electron chi connectivity index (χ2n) is 6.59. The number of carbonyl (C=O) groups is 1. The first-order chi connectivity index (χ1) is 11.7. The number of hydrogen-bond donors (Lipinski definition) is 1. The minimum Gasteiger partial charge on any atom is -0.332 e. The number of benzene rings is 1. The Bertz CT molecular complexity index is 763. The molecule has 128 valence electrons. The largest absolute Gasteiger partial charge is 0.332 e. The summed E-state index contributed by atoms with van der Waals surface area (Å²) in [6.45, 7) is 2.41. The van der Waals surface area contributed by atoms with Crippen molar-refractivity contribution >= 4 is 16.8 Å². The molecule has 1 aliphatic carbocycles. The van der Waals surface area contributed by atoms with Crippen molar-refractivity contribution in [3.05, 3.63) is 40.4 Å². The van der Waals surface area contributed by atoms with Gasteiger partial charge in [-0.2, -0.15) is 0 Å². The zero-order valence-corrected chi connectivity index (χ0v) is 14.3. The van der Waals surface area contributed by atoms with Crippen LogP contribution in [0.2, 0.25) is 0 Å². The van der Waals surface area contributed by atoms with Crippen molar-refractivity contribution in [3.63, 3.8) is 0 Å². The highest BCUT2D eigenvalue weighted by Crippen LogP contribution is 2.24. The lowest BCUT2D eigenvalue weighted by Gasteiger charge is -2.34. The first-order valence-corrected chi connectivity index (χ1v) is 8.96. The van der Waals surface area contributed by atoms with Crippen molar-refractivity contribution in [2.45, 2.75) is 64.5 Å². The first kappa shape index (κ1) is 16.7. The first-order valence-electron chi connectivity index (χ1n) is 8.96. The van der Waals surface area contributed by atoms with E-state index in [0.29, 0.717) is 29.7 Å². The topological polar surface area (TPSA) is 66.1 Å². The van der Waals surface area contributed by atoms with E-state index in [2.05, 4.69) is 9.97 Å². The fourth-order valence-electron chi connectivity index (χ4n) is 3.54. The quantitative estimate of drug-likeness (QED) is 0.915. The molecule has 0 radical (unpaired) electrons. The van der Waals surface area contributed by atoms with E-state index >= 15 is 0 Å². The van der Waals surface area contributed by atoms with E-state index in [0.717, 1.165) is 19.3 Å². The fourth-order valence-corrected chi connectivity index (χ4v) is 3.54. The summed E-state index contributed by atoms with van der Waals surface area (Å²) < 4.78 is 0. The zero-order valence-electron chi connectivity index (χ0n) is 14.3. The van der Waals surface area contributed by atoms with Gasteiger partial charge in [0, 0.05) is 12.5 Å². The molecule has 5 nitrogen and oxygen atoms in total. The Morgan fingerprint density at radius 3 is 2.75 bits per heavy atom. The van der Waals surface area contributed by atoms with Gasteiger partial charge in [0.25, 0.3) is 5.56 Å². The van der Waals surface area contributed by atoms with E-state index in [1.807, 2.05) is 30.0 Å². The molecule has 1 aromatic heterocycles. The van der Waals surface area contributed by atoms with Crippen molar-refractivity contribution < 1.29 is 4.79 Å². The van der Waals surface area contributed by atoms with Crippen molar-refractivity contribution in [2.75, 3.05) is 0 Å². The standard InChI is InChI=1S/C19H25N3O2/c1-2-8-18(23)22(14-9-4-3-5-10-14)13-17-20-16-12-7-6-11-15(16)19(24)21-17/h6-7,11-12,14H,2-5,8-10,13H2,1H3,(H,20,21,24). The molecule has 1 heterocycles. The highest BCUT2D eigenvalue weighted by molar-refractivity contribution is 5.78. The van der Waals surface area contributed by atoms with Gasteiger partial charge in [0.15, 0.2) is 0 Å². The monoisotopic (exact) mass is 327 g/mol. The lowest BCUT2D eigenvalue weighted by Crippen LogP contribution is -2.41. The molecule has 0 bridgehead atoms. The van der Waals surface area contributed by atoms with Crippen LogP contribution in [-0.4, -0.2) is 26.8 Å². The number of nitrogens with zero attached hydrogens (tertiary/aromatic N) is 2. The lowest BCUT2D eigenvalue weighted by atomic mass is 9.94. The Kier molecular flexibility index (Phi) is 5.28. The van der Waals surface area contributed by atoms with Crippen LogP contribution >= 0.6 is 0 Å². The third kappa shape index (κ3) is 3.66. The smallest absolute Gasteiger partial charge is 0.258 e. The number of fused-ring (bicyclic) bond motifs is 1. The summed E-state index contributed by atoms with van der Waals surface area (Å²) in [7, 11) is 0. The SMILES string of the molecule is CCCC(=O)N(Cc1nc2ccccc2c(=O)[nH]1)C1CCCCC1. The van der Waals surface area contributed by atoms with Gasteiger partial charge in [0.1, 0.15) is 5.82 Å². The molecular formula is C19H25N3O2. The Morgan fingerprint density at radius 1 is 1.25 bits per heavy atom. The van der Waals surface area contributed by atoms with E-state index in [-0.39, 0.29) is 17.5 Å². The number of aromatic nitrogens is 2. The summed E-state index contributed by atoms with van der Waals surface area (Å²) in [6, 6.07) is 7.59. The van der Waals surface area contributed by atoms with Gasteiger partial charge in [-0.25, -0.2) is 4.98 Å². The molecule has 0 saturated heterocycles. The third-order valence-electron chi connectivity index (χ3n) is 4.78. The summed E-state index contributed by atoms with van der Waals surface area (Å²) in [4.78, 5) is 34.2. The molecule has 1 aliphatic rings. The molecule has 24 heavy (non-hydrogen) atoms. The lowest BCUT2D eigenvalue weighted by molar-refractivity contribution is -0.135. The second-order valence-corrected chi connectivity index (χ2v) is 6.59. The second kappa shape index (κ2) is 7.60. The van der Waals surface area contributed by atoms with E-state index in [4.69, 9.17) is 0 Å². The van der Waals surface area contributed by atoms with E-state index in [1.54, 1.807) is 6.07 Å². The number of H-pyrrole nitrogens is 1. The van der Waals surface area contributed by atoms with Crippen LogP contribution in [0, 0.1) is 0 Å². The Balaban J connectivity index is 1.88. The summed E-state index contributed by atoms with van der Waals surface area (Å²) >= 11 is 0. The van der Waals surface area contributed by atoms with Crippen molar-refractivity contribution in [1.82, 2.24) is 14.9 Å². The van der Waals surface area contributed by atoms with Gasteiger partial charge in [-0.3, -0.25) is 9.59 Å². The molecule has 1 saturated carbocycles. The van der Waals surface area contributed by atoms with E-state index in [1.165, 1.54) is 19.3 Å². The normalized spacial score (nSPS) is 15.5. The Labute approximate surface area is 142 Å². The van der Waals surface area contributed by atoms with Crippen LogP contribution in [0.1, 0.15) is 57.7 Å². The van der Waals surface area contributed by atoms with Crippen molar-refractivity contribution in [3.8, 4) is 0 Å². The molecule has 5 heteroatoms. The van der Waals surface area contributed by atoms with Crippen LogP contribution < -0.4 is 5.56 Å². The van der Waals surface area contributed by atoms with Gasteiger partial charge in [-0.15, -0.1) is 0 Å². The maximum atomic E-state index is 12.6. The number of para-hydroxylation sites is 1. The molecule has 0 unspecified atom stereocenters. The van der Waals surface area contributed by atoms with Crippen LogP contribution in [0.3, 0.4) is 0 Å². The van der Waals surface area contributed by atoms with Gasteiger partial charge in [0.2, 0.25) is 5.91 Å². The van der Waals surface area contributed by atoms with Gasteiger partial charge >= 0.3 is 0 Å². The molecule has 1 aromatic carbocycles. The van der Waals surface area contributed by atoms with Crippen molar-refractivity contribution in [2.24, 2.45) is 0 Å². The minimum absolute atomic E-state index is 0.137. The summed E-state index contributed by atoms with van der Waals surface area (Å²) in [5.74, 6) is 0.744.